The van der Waals surface area contributed by atoms with Gasteiger partial charge in [0.2, 0.25) is 0 Å². The first-order chi connectivity index (χ1) is 5.80. The standard InChI is InChI=1S/C9H18O2S/c1-10-7-4-8(11-2)6-9(5-7)12-3/h7-9H,4-6H2,1-3H3. The summed E-state index contributed by atoms with van der Waals surface area (Å²) in [5, 5.41) is 0.716. The minimum absolute atomic E-state index is 0.404. The van der Waals surface area contributed by atoms with Crippen molar-refractivity contribution < 1.29 is 9.47 Å². The second kappa shape index (κ2) is 5.10. The second-order valence-electron chi connectivity index (χ2n) is 3.28. The van der Waals surface area contributed by atoms with Crippen molar-refractivity contribution in [2.45, 2.75) is 36.7 Å². The van der Waals surface area contributed by atoms with E-state index in [0.717, 1.165) is 6.42 Å². The van der Waals surface area contributed by atoms with Crippen molar-refractivity contribution in [2.75, 3.05) is 20.5 Å². The summed E-state index contributed by atoms with van der Waals surface area (Å²) in [5.41, 5.74) is 0. The highest BCUT2D eigenvalue weighted by Gasteiger charge is 2.28. The van der Waals surface area contributed by atoms with Gasteiger partial charge in [-0.15, -0.1) is 0 Å². The molecule has 0 spiro atoms. The van der Waals surface area contributed by atoms with E-state index in [2.05, 4.69) is 6.26 Å². The van der Waals surface area contributed by atoms with E-state index in [0.29, 0.717) is 17.5 Å². The van der Waals surface area contributed by atoms with E-state index in [1.807, 2.05) is 11.8 Å². The van der Waals surface area contributed by atoms with E-state index < -0.39 is 0 Å². The summed E-state index contributed by atoms with van der Waals surface area (Å²) in [6.45, 7) is 0. The third-order valence-corrected chi connectivity index (χ3v) is 3.63. The van der Waals surface area contributed by atoms with Crippen molar-refractivity contribution in [3.05, 3.63) is 0 Å². The molecule has 0 aliphatic heterocycles. The Morgan fingerprint density at radius 1 is 1.00 bits per heavy atom. The molecule has 12 heavy (non-hydrogen) atoms. The van der Waals surface area contributed by atoms with Crippen LogP contribution in [-0.4, -0.2) is 37.9 Å². The number of methoxy groups -OCH3 is 2. The van der Waals surface area contributed by atoms with Crippen LogP contribution in [0.1, 0.15) is 19.3 Å². The monoisotopic (exact) mass is 190 g/mol. The summed E-state index contributed by atoms with van der Waals surface area (Å²) in [7, 11) is 3.58. The second-order valence-corrected chi connectivity index (χ2v) is 4.42. The predicted octanol–water partition coefficient (Wildman–Crippen LogP) is 1.93. The Morgan fingerprint density at radius 2 is 1.50 bits per heavy atom. The van der Waals surface area contributed by atoms with Gasteiger partial charge in [-0.25, -0.2) is 0 Å². The van der Waals surface area contributed by atoms with Crippen molar-refractivity contribution in [3.8, 4) is 0 Å². The summed E-state index contributed by atoms with van der Waals surface area (Å²) >= 11 is 1.92. The Kier molecular flexibility index (Phi) is 4.40. The molecule has 3 heteroatoms. The largest absolute Gasteiger partial charge is 0.381 e. The highest BCUT2D eigenvalue weighted by atomic mass is 32.2. The molecule has 2 unspecified atom stereocenters. The average Bonchev–Trinajstić information content (AvgIpc) is 2.16. The lowest BCUT2D eigenvalue weighted by molar-refractivity contribution is -0.00685. The van der Waals surface area contributed by atoms with Crippen molar-refractivity contribution in [3.63, 3.8) is 0 Å². The van der Waals surface area contributed by atoms with Crippen LogP contribution in [0.25, 0.3) is 0 Å². The topological polar surface area (TPSA) is 18.5 Å². The zero-order valence-electron chi connectivity index (χ0n) is 8.08. The van der Waals surface area contributed by atoms with E-state index in [1.54, 1.807) is 14.2 Å². The summed E-state index contributed by atoms with van der Waals surface area (Å²) in [6, 6.07) is 0. The number of hydrogen-bond acceptors (Lipinski definition) is 3. The van der Waals surface area contributed by atoms with Gasteiger partial charge < -0.3 is 9.47 Å². The molecule has 72 valence electrons. The Morgan fingerprint density at radius 3 is 1.83 bits per heavy atom. The summed E-state index contributed by atoms with van der Waals surface area (Å²) < 4.78 is 10.7. The fourth-order valence-electron chi connectivity index (χ4n) is 1.75. The highest BCUT2D eigenvalue weighted by Crippen LogP contribution is 2.29. The molecule has 0 N–H and O–H groups in total. The highest BCUT2D eigenvalue weighted by molar-refractivity contribution is 7.99. The molecule has 0 heterocycles. The molecule has 1 aliphatic carbocycles. The van der Waals surface area contributed by atoms with Gasteiger partial charge in [0.05, 0.1) is 12.2 Å². The Bertz CT molecular complexity index is 99.9. The zero-order chi connectivity index (χ0) is 8.97. The minimum atomic E-state index is 0.404. The van der Waals surface area contributed by atoms with E-state index in [9.17, 15) is 0 Å². The van der Waals surface area contributed by atoms with Gasteiger partial charge in [0.1, 0.15) is 0 Å². The van der Waals surface area contributed by atoms with Crippen LogP contribution in [0.5, 0.6) is 0 Å². The molecule has 0 bridgehead atoms. The fourth-order valence-corrected chi connectivity index (χ4v) is 2.56. The SMILES string of the molecule is COC1CC(OC)CC(SC)C1. The molecule has 0 amide bonds. The van der Waals surface area contributed by atoms with Gasteiger partial charge in [0.25, 0.3) is 0 Å². The van der Waals surface area contributed by atoms with Gasteiger partial charge in [0.15, 0.2) is 0 Å². The maximum atomic E-state index is 5.36. The molecular formula is C9H18O2S. The van der Waals surface area contributed by atoms with Crippen molar-refractivity contribution >= 4 is 11.8 Å². The molecule has 0 radical (unpaired) electrons. The molecule has 1 aliphatic rings. The summed E-state index contributed by atoms with van der Waals surface area (Å²) in [6.07, 6.45) is 6.39. The molecule has 1 saturated carbocycles. The molecular weight excluding hydrogens is 172 g/mol. The van der Waals surface area contributed by atoms with E-state index in [-0.39, 0.29) is 0 Å². The van der Waals surface area contributed by atoms with Crippen molar-refractivity contribution in [1.29, 1.82) is 0 Å². The quantitative estimate of drug-likeness (QED) is 0.677. The van der Waals surface area contributed by atoms with E-state index in [1.165, 1.54) is 12.8 Å². The number of rotatable bonds is 3. The normalized spacial score (nSPS) is 36.8. The Hall–Kier alpha value is 0.270. The first-order valence-electron chi connectivity index (χ1n) is 4.38. The average molecular weight is 190 g/mol. The van der Waals surface area contributed by atoms with E-state index in [4.69, 9.17) is 9.47 Å². The Labute approximate surface area is 79.0 Å². The maximum Gasteiger partial charge on any atom is 0.0606 e. The molecule has 1 fully saturated rings. The number of hydrogen-bond donors (Lipinski definition) is 0. The fraction of sp³-hybridized carbons (Fsp3) is 1.00. The van der Waals surface area contributed by atoms with Crippen LogP contribution in [0.4, 0.5) is 0 Å². The molecule has 0 aromatic rings. The minimum Gasteiger partial charge on any atom is -0.381 e. The predicted molar refractivity (Wildman–Crippen MR) is 52.7 cm³/mol. The van der Waals surface area contributed by atoms with Crippen LogP contribution in [0.15, 0.2) is 0 Å². The van der Waals surface area contributed by atoms with Gasteiger partial charge in [-0.05, 0) is 25.5 Å². The lowest BCUT2D eigenvalue weighted by Gasteiger charge is -2.32. The van der Waals surface area contributed by atoms with Gasteiger partial charge in [0, 0.05) is 19.5 Å². The zero-order valence-corrected chi connectivity index (χ0v) is 8.89. The molecule has 0 aromatic heterocycles. The number of thioether (sulfide) groups is 1. The van der Waals surface area contributed by atoms with Crippen LogP contribution in [-0.2, 0) is 9.47 Å². The van der Waals surface area contributed by atoms with Crippen LogP contribution in [0.2, 0.25) is 0 Å². The lowest BCUT2D eigenvalue weighted by atomic mass is 9.94. The molecule has 0 aromatic carbocycles. The van der Waals surface area contributed by atoms with Crippen molar-refractivity contribution in [2.24, 2.45) is 0 Å². The first-order valence-corrected chi connectivity index (χ1v) is 5.67. The van der Waals surface area contributed by atoms with Crippen LogP contribution < -0.4 is 0 Å². The Balaban J connectivity index is 2.41. The van der Waals surface area contributed by atoms with Crippen LogP contribution in [0, 0.1) is 0 Å². The number of ether oxygens (including phenoxy) is 2. The third-order valence-electron chi connectivity index (χ3n) is 2.58. The lowest BCUT2D eigenvalue weighted by Crippen LogP contribution is -2.33. The van der Waals surface area contributed by atoms with Gasteiger partial charge in [-0.1, -0.05) is 0 Å². The van der Waals surface area contributed by atoms with Crippen LogP contribution in [0.3, 0.4) is 0 Å². The maximum absolute atomic E-state index is 5.36. The third kappa shape index (κ3) is 2.64. The molecule has 2 atom stereocenters. The van der Waals surface area contributed by atoms with Gasteiger partial charge >= 0.3 is 0 Å². The van der Waals surface area contributed by atoms with Crippen molar-refractivity contribution in [1.82, 2.24) is 0 Å². The molecule has 0 saturated heterocycles. The summed E-state index contributed by atoms with van der Waals surface area (Å²) in [5.74, 6) is 0. The smallest absolute Gasteiger partial charge is 0.0606 e. The van der Waals surface area contributed by atoms with E-state index >= 15 is 0 Å². The van der Waals surface area contributed by atoms with Gasteiger partial charge in [-0.2, -0.15) is 11.8 Å². The van der Waals surface area contributed by atoms with Crippen LogP contribution >= 0.6 is 11.8 Å². The molecule has 1 rings (SSSR count). The van der Waals surface area contributed by atoms with Gasteiger partial charge in [-0.3, -0.25) is 0 Å². The molecule has 2 nitrogen and oxygen atoms in total. The summed E-state index contributed by atoms with van der Waals surface area (Å²) in [4.78, 5) is 0. The first kappa shape index (κ1) is 10.4.